The maximum absolute atomic E-state index is 5.72. The molecule has 1 aliphatic rings. The molecular weight excluding hydrogens is 485 g/mol. The second-order valence-electron chi connectivity index (χ2n) is 7.79. The molecule has 7 nitrogen and oxygen atoms in total. The summed E-state index contributed by atoms with van der Waals surface area (Å²) in [5.41, 5.74) is 0.852. The molecule has 0 heterocycles. The molecule has 0 amide bonds. The number of nitrogens with zero attached hydrogens (tertiary/aromatic N) is 1. The first-order valence-electron chi connectivity index (χ1n) is 9.65. The van der Waals surface area contributed by atoms with Gasteiger partial charge in [-0.05, 0) is 38.0 Å². The van der Waals surface area contributed by atoms with E-state index in [0.717, 1.165) is 24.5 Å². The fourth-order valence-electron chi connectivity index (χ4n) is 3.61. The maximum atomic E-state index is 5.72. The summed E-state index contributed by atoms with van der Waals surface area (Å²) >= 11 is 0. The van der Waals surface area contributed by atoms with Crippen molar-refractivity contribution in [3.05, 3.63) is 17.7 Å². The molecule has 0 radical (unpaired) electrons. The van der Waals surface area contributed by atoms with Gasteiger partial charge in [-0.25, -0.2) is 4.99 Å². The van der Waals surface area contributed by atoms with E-state index in [1.165, 1.54) is 0 Å². The summed E-state index contributed by atoms with van der Waals surface area (Å²) in [5, 5.41) is 6.88. The standard InChI is InChI=1S/C21H35N3O4.HI/c1-9-22-19(24-17-12-21(4,28-8)20(17,2)3)23-13-14-10-15(25-5)18(27-7)16(11-14)26-6;/h10-11,17H,9,12-13H2,1-8H3,(H2,22,23,24);1H. The Morgan fingerprint density at radius 3 is 2.07 bits per heavy atom. The molecule has 1 saturated carbocycles. The summed E-state index contributed by atoms with van der Waals surface area (Å²) in [7, 11) is 6.60. The summed E-state index contributed by atoms with van der Waals surface area (Å²) in [6.07, 6.45) is 0.936. The van der Waals surface area contributed by atoms with Gasteiger partial charge in [0.25, 0.3) is 0 Å². The molecule has 1 fully saturated rings. The third kappa shape index (κ3) is 5.20. The summed E-state index contributed by atoms with van der Waals surface area (Å²) in [4.78, 5) is 4.75. The molecule has 0 aromatic heterocycles. The predicted octanol–water partition coefficient (Wildman–Crippen LogP) is 3.59. The first-order chi connectivity index (χ1) is 13.3. The van der Waals surface area contributed by atoms with Gasteiger partial charge in [0.05, 0.1) is 33.5 Å². The van der Waals surface area contributed by atoms with Crippen LogP contribution in [0, 0.1) is 5.41 Å². The number of methoxy groups -OCH3 is 4. The Hall–Kier alpha value is -1.42. The second-order valence-corrected chi connectivity index (χ2v) is 7.79. The normalized spacial score (nSPS) is 22.8. The van der Waals surface area contributed by atoms with Crippen LogP contribution in [0.4, 0.5) is 0 Å². The largest absolute Gasteiger partial charge is 0.493 e. The molecule has 1 aromatic rings. The van der Waals surface area contributed by atoms with E-state index in [1.807, 2.05) is 12.1 Å². The van der Waals surface area contributed by atoms with E-state index in [-0.39, 0.29) is 41.0 Å². The number of rotatable bonds is 8. The van der Waals surface area contributed by atoms with Crippen LogP contribution in [0.2, 0.25) is 0 Å². The predicted molar refractivity (Wildman–Crippen MR) is 127 cm³/mol. The molecule has 0 aliphatic heterocycles. The zero-order chi connectivity index (χ0) is 20.9. The van der Waals surface area contributed by atoms with Gasteiger partial charge in [0.2, 0.25) is 5.75 Å². The summed E-state index contributed by atoms with van der Waals surface area (Å²) in [6, 6.07) is 4.13. The van der Waals surface area contributed by atoms with Gasteiger partial charge in [0.1, 0.15) is 0 Å². The van der Waals surface area contributed by atoms with E-state index in [1.54, 1.807) is 28.4 Å². The van der Waals surface area contributed by atoms with E-state index in [4.69, 9.17) is 23.9 Å². The minimum absolute atomic E-state index is 0. The Morgan fingerprint density at radius 1 is 1.07 bits per heavy atom. The van der Waals surface area contributed by atoms with E-state index in [2.05, 4.69) is 38.3 Å². The quantitative estimate of drug-likeness (QED) is 0.310. The fraction of sp³-hybridized carbons (Fsp3) is 0.667. The van der Waals surface area contributed by atoms with Crippen LogP contribution in [0.5, 0.6) is 17.2 Å². The van der Waals surface area contributed by atoms with Gasteiger partial charge >= 0.3 is 0 Å². The van der Waals surface area contributed by atoms with Gasteiger partial charge in [0.15, 0.2) is 17.5 Å². The minimum Gasteiger partial charge on any atom is -0.493 e. The number of guanidine groups is 1. The first-order valence-corrected chi connectivity index (χ1v) is 9.65. The van der Waals surface area contributed by atoms with Crippen LogP contribution in [0.1, 0.15) is 39.7 Å². The Labute approximate surface area is 191 Å². The highest BCUT2D eigenvalue weighted by Crippen LogP contribution is 2.51. The van der Waals surface area contributed by atoms with Crippen molar-refractivity contribution in [3.63, 3.8) is 0 Å². The van der Waals surface area contributed by atoms with Crippen LogP contribution < -0.4 is 24.8 Å². The Morgan fingerprint density at radius 2 is 1.66 bits per heavy atom. The van der Waals surface area contributed by atoms with E-state index >= 15 is 0 Å². The number of nitrogens with one attached hydrogen (secondary N) is 2. The van der Waals surface area contributed by atoms with Crippen molar-refractivity contribution < 1.29 is 18.9 Å². The number of ether oxygens (including phenoxy) is 4. The molecular formula is C21H36IN3O4. The highest BCUT2D eigenvalue weighted by Gasteiger charge is 2.58. The summed E-state index contributed by atoms with van der Waals surface area (Å²) in [6.45, 7) is 9.93. The maximum Gasteiger partial charge on any atom is 0.203 e. The lowest BCUT2D eigenvalue weighted by molar-refractivity contribution is -0.176. The molecule has 2 unspecified atom stereocenters. The van der Waals surface area contributed by atoms with Crippen molar-refractivity contribution in [1.29, 1.82) is 0 Å². The summed E-state index contributed by atoms with van der Waals surface area (Å²) in [5.74, 6) is 2.62. The third-order valence-corrected chi connectivity index (χ3v) is 6.08. The fourth-order valence-corrected chi connectivity index (χ4v) is 3.61. The SMILES string of the molecule is CCNC(=NCc1cc(OC)c(OC)c(OC)c1)NC1CC(C)(OC)C1(C)C.I. The first kappa shape index (κ1) is 25.6. The number of hydrogen-bond acceptors (Lipinski definition) is 5. The zero-order valence-electron chi connectivity index (χ0n) is 18.8. The Balaban J connectivity index is 0.00000420. The number of hydrogen-bond donors (Lipinski definition) is 2. The minimum atomic E-state index is -0.126. The van der Waals surface area contributed by atoms with Crippen LogP contribution in [0.15, 0.2) is 17.1 Å². The van der Waals surface area contributed by atoms with Gasteiger partial charge in [-0.1, -0.05) is 13.8 Å². The highest BCUT2D eigenvalue weighted by atomic mass is 127. The molecule has 0 bridgehead atoms. The van der Waals surface area contributed by atoms with Gasteiger partial charge in [-0.2, -0.15) is 0 Å². The van der Waals surface area contributed by atoms with E-state index < -0.39 is 0 Å². The molecule has 0 saturated heterocycles. The van der Waals surface area contributed by atoms with Gasteiger partial charge in [0, 0.05) is 25.1 Å². The second kappa shape index (κ2) is 10.6. The van der Waals surface area contributed by atoms with Crippen LogP contribution in [0.25, 0.3) is 0 Å². The lowest BCUT2D eigenvalue weighted by Gasteiger charge is -2.59. The molecule has 8 heteroatoms. The molecule has 2 rings (SSSR count). The van der Waals surface area contributed by atoms with Crippen LogP contribution in [-0.2, 0) is 11.3 Å². The monoisotopic (exact) mass is 521 g/mol. The molecule has 0 spiro atoms. The Bertz CT molecular complexity index is 686. The van der Waals surface area contributed by atoms with Crippen LogP contribution in [-0.4, -0.2) is 52.6 Å². The summed E-state index contributed by atoms with van der Waals surface area (Å²) < 4.78 is 22.0. The van der Waals surface area contributed by atoms with E-state index in [9.17, 15) is 0 Å². The van der Waals surface area contributed by atoms with Gasteiger partial charge in [-0.15, -0.1) is 24.0 Å². The Kier molecular flexibility index (Phi) is 9.33. The average Bonchev–Trinajstić information content (AvgIpc) is 2.70. The van der Waals surface area contributed by atoms with Crippen molar-refractivity contribution in [3.8, 4) is 17.2 Å². The average molecular weight is 521 g/mol. The highest BCUT2D eigenvalue weighted by molar-refractivity contribution is 14.0. The molecule has 166 valence electrons. The molecule has 2 atom stereocenters. The molecule has 2 N–H and O–H groups in total. The smallest absolute Gasteiger partial charge is 0.203 e. The lowest BCUT2D eigenvalue weighted by Crippen LogP contribution is -2.69. The van der Waals surface area contributed by atoms with Gasteiger partial charge < -0.3 is 29.6 Å². The zero-order valence-corrected chi connectivity index (χ0v) is 21.2. The van der Waals surface area contributed by atoms with Gasteiger partial charge in [-0.3, -0.25) is 0 Å². The number of benzene rings is 1. The van der Waals surface area contributed by atoms with Crippen molar-refractivity contribution in [1.82, 2.24) is 10.6 Å². The topological polar surface area (TPSA) is 73.3 Å². The van der Waals surface area contributed by atoms with Crippen LogP contribution >= 0.6 is 24.0 Å². The third-order valence-electron chi connectivity index (χ3n) is 6.08. The van der Waals surface area contributed by atoms with Crippen molar-refractivity contribution in [2.24, 2.45) is 10.4 Å². The van der Waals surface area contributed by atoms with Crippen molar-refractivity contribution >= 4 is 29.9 Å². The lowest BCUT2D eigenvalue weighted by atomic mass is 9.56. The molecule has 1 aliphatic carbocycles. The number of aliphatic imine (C=N–C) groups is 1. The molecule has 1 aromatic carbocycles. The van der Waals surface area contributed by atoms with E-state index in [0.29, 0.717) is 23.8 Å². The number of halogens is 1. The van der Waals surface area contributed by atoms with Crippen molar-refractivity contribution in [2.45, 2.75) is 52.3 Å². The van der Waals surface area contributed by atoms with Crippen molar-refractivity contribution in [2.75, 3.05) is 35.0 Å². The molecule has 29 heavy (non-hydrogen) atoms. The van der Waals surface area contributed by atoms with Crippen LogP contribution in [0.3, 0.4) is 0 Å².